The predicted molar refractivity (Wildman–Crippen MR) is 93.1 cm³/mol. The minimum absolute atomic E-state index is 0.175. The summed E-state index contributed by atoms with van der Waals surface area (Å²) in [4.78, 5) is 29.0. The lowest BCUT2D eigenvalue weighted by Crippen LogP contribution is -2.31. The van der Waals surface area contributed by atoms with Crippen LogP contribution in [-0.4, -0.2) is 23.4 Å². The Kier molecular flexibility index (Phi) is 5.25. The molecule has 7 heteroatoms. The highest BCUT2D eigenvalue weighted by atomic mass is 32.1. The van der Waals surface area contributed by atoms with Crippen molar-refractivity contribution in [3.05, 3.63) is 64.9 Å². The van der Waals surface area contributed by atoms with Gasteiger partial charge in [-0.25, -0.2) is 4.98 Å². The third kappa shape index (κ3) is 4.33. The molecule has 3 rings (SSSR count). The van der Waals surface area contributed by atoms with E-state index in [1.54, 1.807) is 25.3 Å². The normalized spacial score (nSPS) is 10.4. The van der Waals surface area contributed by atoms with Crippen LogP contribution < -0.4 is 5.32 Å². The van der Waals surface area contributed by atoms with Crippen LogP contribution in [0.1, 0.15) is 20.9 Å². The zero-order chi connectivity index (χ0) is 17.6. The van der Waals surface area contributed by atoms with Crippen LogP contribution in [0.3, 0.4) is 0 Å². The lowest BCUT2D eigenvalue weighted by molar-refractivity contribution is -0.143. The number of aryl methyl sites for hydroxylation is 1. The molecule has 0 aliphatic carbocycles. The van der Waals surface area contributed by atoms with Gasteiger partial charge >= 0.3 is 5.97 Å². The molecule has 25 heavy (non-hydrogen) atoms. The van der Waals surface area contributed by atoms with Crippen molar-refractivity contribution in [2.24, 2.45) is 0 Å². The average Bonchev–Trinajstić information content (AvgIpc) is 3.28. The van der Waals surface area contributed by atoms with Crippen LogP contribution in [0.15, 0.2) is 53.1 Å². The standard InChI is InChI=1S/C18H16N2O4S/c1-12-16(20-18(25-12)14-8-5-9-23-14)17(22)19-10-15(21)24-11-13-6-3-2-4-7-13/h2-9H,10-11H2,1H3,(H,19,22). The third-order valence-corrected chi connectivity index (χ3v) is 4.36. The third-order valence-electron chi connectivity index (χ3n) is 3.38. The molecule has 0 fully saturated rings. The van der Waals surface area contributed by atoms with Gasteiger partial charge in [0.25, 0.3) is 5.91 Å². The van der Waals surface area contributed by atoms with Crippen molar-refractivity contribution < 1.29 is 18.7 Å². The van der Waals surface area contributed by atoms with Crippen LogP contribution in [0, 0.1) is 6.92 Å². The maximum Gasteiger partial charge on any atom is 0.325 e. The molecular formula is C18H16N2O4S. The van der Waals surface area contributed by atoms with Crippen molar-refractivity contribution >= 4 is 23.2 Å². The Morgan fingerprint density at radius 3 is 2.72 bits per heavy atom. The second-order valence-electron chi connectivity index (χ2n) is 5.23. The Balaban J connectivity index is 1.53. The van der Waals surface area contributed by atoms with E-state index in [1.807, 2.05) is 30.3 Å². The molecule has 6 nitrogen and oxygen atoms in total. The smallest absolute Gasteiger partial charge is 0.325 e. The predicted octanol–water partition coefficient (Wildman–Crippen LogP) is 3.18. The largest absolute Gasteiger partial charge is 0.462 e. The second-order valence-corrected chi connectivity index (χ2v) is 6.43. The highest BCUT2D eigenvalue weighted by Crippen LogP contribution is 2.27. The monoisotopic (exact) mass is 356 g/mol. The molecule has 128 valence electrons. The van der Waals surface area contributed by atoms with Crippen molar-refractivity contribution in [3.63, 3.8) is 0 Å². The molecule has 1 N–H and O–H groups in total. The fourth-order valence-corrected chi connectivity index (χ4v) is 3.02. The maximum absolute atomic E-state index is 12.2. The fourth-order valence-electron chi connectivity index (χ4n) is 2.14. The van der Waals surface area contributed by atoms with Crippen LogP contribution in [0.5, 0.6) is 0 Å². The fraction of sp³-hybridized carbons (Fsp3) is 0.167. The Labute approximate surface area is 148 Å². The molecule has 0 unspecified atom stereocenters. The van der Waals surface area contributed by atoms with Gasteiger partial charge in [0.05, 0.1) is 6.26 Å². The van der Waals surface area contributed by atoms with E-state index >= 15 is 0 Å². The van der Waals surface area contributed by atoms with E-state index in [4.69, 9.17) is 9.15 Å². The van der Waals surface area contributed by atoms with Gasteiger partial charge in [0.15, 0.2) is 10.8 Å². The summed E-state index contributed by atoms with van der Waals surface area (Å²) in [5, 5.41) is 3.16. The first-order chi connectivity index (χ1) is 12.1. The Morgan fingerprint density at radius 1 is 1.20 bits per heavy atom. The number of esters is 1. The number of aromatic nitrogens is 1. The van der Waals surface area contributed by atoms with Gasteiger partial charge < -0.3 is 14.5 Å². The molecule has 1 amide bonds. The Bertz CT molecular complexity index is 857. The van der Waals surface area contributed by atoms with Crippen molar-refractivity contribution in [1.82, 2.24) is 10.3 Å². The molecule has 0 aliphatic heterocycles. The molecule has 2 heterocycles. The summed E-state index contributed by atoms with van der Waals surface area (Å²) in [5.74, 6) is -0.311. The first-order valence-corrected chi connectivity index (χ1v) is 8.44. The number of carbonyl (C=O) groups excluding carboxylic acids is 2. The lowest BCUT2D eigenvalue weighted by atomic mass is 10.2. The molecule has 3 aromatic rings. The SMILES string of the molecule is Cc1sc(-c2ccco2)nc1C(=O)NCC(=O)OCc1ccccc1. The average molecular weight is 356 g/mol. The number of thiazole rings is 1. The summed E-state index contributed by atoms with van der Waals surface area (Å²) in [6.45, 7) is 1.76. The number of furan rings is 1. The van der Waals surface area contributed by atoms with Crippen LogP contribution in [0.4, 0.5) is 0 Å². The van der Waals surface area contributed by atoms with Crippen LogP contribution in [-0.2, 0) is 16.1 Å². The lowest BCUT2D eigenvalue weighted by Gasteiger charge is -2.06. The van der Waals surface area contributed by atoms with Crippen molar-refractivity contribution in [3.8, 4) is 10.8 Å². The summed E-state index contributed by atoms with van der Waals surface area (Å²) < 4.78 is 10.4. The number of nitrogens with zero attached hydrogens (tertiary/aromatic N) is 1. The van der Waals surface area contributed by atoms with E-state index in [1.165, 1.54) is 11.3 Å². The van der Waals surface area contributed by atoms with E-state index in [0.29, 0.717) is 10.8 Å². The molecule has 0 saturated carbocycles. The van der Waals surface area contributed by atoms with Gasteiger partial charge in [0.2, 0.25) is 0 Å². The van der Waals surface area contributed by atoms with Crippen LogP contribution >= 0.6 is 11.3 Å². The first-order valence-electron chi connectivity index (χ1n) is 7.62. The molecule has 1 aromatic carbocycles. The summed E-state index contributed by atoms with van der Waals surface area (Å²) >= 11 is 1.36. The zero-order valence-corrected chi connectivity index (χ0v) is 14.3. The molecular weight excluding hydrogens is 340 g/mol. The Hall–Kier alpha value is -2.93. The van der Waals surface area contributed by atoms with Crippen molar-refractivity contribution in [2.75, 3.05) is 6.54 Å². The van der Waals surface area contributed by atoms with Crippen molar-refractivity contribution in [2.45, 2.75) is 13.5 Å². The zero-order valence-electron chi connectivity index (χ0n) is 13.5. The van der Waals surface area contributed by atoms with E-state index in [-0.39, 0.29) is 18.8 Å². The van der Waals surface area contributed by atoms with Crippen LogP contribution in [0.25, 0.3) is 10.8 Å². The number of carbonyl (C=O) groups is 2. The number of hydrogen-bond donors (Lipinski definition) is 1. The number of rotatable bonds is 6. The molecule has 0 aliphatic rings. The molecule has 0 spiro atoms. The van der Waals surface area contributed by atoms with Gasteiger partial charge in [-0.3, -0.25) is 9.59 Å². The summed E-state index contributed by atoms with van der Waals surface area (Å²) in [5.41, 5.74) is 1.17. The number of amides is 1. The van der Waals surface area contributed by atoms with E-state index < -0.39 is 11.9 Å². The summed E-state index contributed by atoms with van der Waals surface area (Å²) in [7, 11) is 0. The molecule has 0 saturated heterocycles. The minimum Gasteiger partial charge on any atom is -0.462 e. The van der Waals surface area contributed by atoms with Crippen molar-refractivity contribution in [1.29, 1.82) is 0 Å². The van der Waals surface area contributed by atoms with E-state index in [2.05, 4.69) is 10.3 Å². The first kappa shape index (κ1) is 16.9. The molecule has 0 atom stereocenters. The van der Waals surface area contributed by atoms with Gasteiger partial charge in [0, 0.05) is 4.88 Å². The molecule has 0 bridgehead atoms. The number of nitrogens with one attached hydrogen (secondary N) is 1. The minimum atomic E-state index is -0.503. The molecule has 0 radical (unpaired) electrons. The summed E-state index contributed by atoms with van der Waals surface area (Å²) in [6, 6.07) is 12.9. The maximum atomic E-state index is 12.2. The van der Waals surface area contributed by atoms with Crippen LogP contribution in [0.2, 0.25) is 0 Å². The number of hydrogen-bond acceptors (Lipinski definition) is 6. The molecule has 2 aromatic heterocycles. The van der Waals surface area contributed by atoms with Gasteiger partial charge in [0.1, 0.15) is 18.8 Å². The highest BCUT2D eigenvalue weighted by molar-refractivity contribution is 7.15. The quantitative estimate of drug-likeness (QED) is 0.686. The Morgan fingerprint density at radius 2 is 2.00 bits per heavy atom. The van der Waals surface area contributed by atoms with E-state index in [9.17, 15) is 9.59 Å². The number of benzene rings is 1. The number of ether oxygens (including phenoxy) is 1. The highest BCUT2D eigenvalue weighted by Gasteiger charge is 2.18. The second kappa shape index (κ2) is 7.76. The summed E-state index contributed by atoms with van der Waals surface area (Å²) in [6.07, 6.45) is 1.55. The topological polar surface area (TPSA) is 81.4 Å². The van der Waals surface area contributed by atoms with Gasteiger partial charge in [-0.2, -0.15) is 0 Å². The van der Waals surface area contributed by atoms with E-state index in [0.717, 1.165) is 10.4 Å². The van der Waals surface area contributed by atoms with Gasteiger partial charge in [-0.1, -0.05) is 30.3 Å². The van der Waals surface area contributed by atoms with Gasteiger partial charge in [-0.15, -0.1) is 11.3 Å². The van der Waals surface area contributed by atoms with Gasteiger partial charge in [-0.05, 0) is 24.6 Å².